The Hall–Kier alpha value is -2.82. The van der Waals surface area contributed by atoms with Gasteiger partial charge in [-0.25, -0.2) is 0 Å². The zero-order chi connectivity index (χ0) is 16.1. The molecule has 2 aromatic rings. The molecule has 0 saturated carbocycles. The van der Waals surface area contributed by atoms with Crippen molar-refractivity contribution in [2.75, 3.05) is 10.6 Å². The van der Waals surface area contributed by atoms with Crippen LogP contribution in [0, 0.1) is 0 Å². The van der Waals surface area contributed by atoms with Crippen LogP contribution in [0.2, 0.25) is 0 Å². The molecule has 10 nitrogen and oxygen atoms in total. The van der Waals surface area contributed by atoms with Crippen molar-refractivity contribution in [1.29, 1.82) is 0 Å². The van der Waals surface area contributed by atoms with Gasteiger partial charge in [0, 0.05) is 0 Å². The SMILES string of the molecule is CC[C@@H](Nc1nnc(C(N)=O)c(Nc2cncs2)n1)C(N)=O. The van der Waals surface area contributed by atoms with Crippen LogP contribution in [0.1, 0.15) is 23.8 Å². The molecule has 11 heteroatoms. The molecule has 0 fully saturated rings. The Morgan fingerprint density at radius 3 is 2.68 bits per heavy atom. The minimum Gasteiger partial charge on any atom is -0.368 e. The summed E-state index contributed by atoms with van der Waals surface area (Å²) in [5.41, 5.74) is 12.0. The summed E-state index contributed by atoms with van der Waals surface area (Å²) >= 11 is 1.31. The van der Waals surface area contributed by atoms with Gasteiger partial charge in [-0.05, 0) is 6.42 Å². The highest BCUT2D eigenvalue weighted by atomic mass is 32.1. The number of hydrogen-bond acceptors (Lipinski definition) is 9. The number of amides is 2. The number of hydrogen-bond donors (Lipinski definition) is 4. The normalized spacial score (nSPS) is 11.7. The van der Waals surface area contributed by atoms with E-state index in [1.165, 1.54) is 11.3 Å². The Labute approximate surface area is 129 Å². The van der Waals surface area contributed by atoms with Gasteiger partial charge in [-0.15, -0.1) is 21.5 Å². The van der Waals surface area contributed by atoms with Crippen molar-refractivity contribution in [3.8, 4) is 0 Å². The number of nitrogens with two attached hydrogens (primary N) is 2. The summed E-state index contributed by atoms with van der Waals surface area (Å²) in [7, 11) is 0. The van der Waals surface area contributed by atoms with Gasteiger partial charge in [0.25, 0.3) is 5.91 Å². The van der Waals surface area contributed by atoms with Gasteiger partial charge in [-0.2, -0.15) is 4.98 Å². The Morgan fingerprint density at radius 2 is 2.14 bits per heavy atom. The van der Waals surface area contributed by atoms with Crippen molar-refractivity contribution >= 4 is 39.9 Å². The fourth-order valence-corrected chi connectivity index (χ4v) is 2.08. The number of nitrogens with zero attached hydrogens (tertiary/aromatic N) is 4. The Morgan fingerprint density at radius 1 is 1.36 bits per heavy atom. The van der Waals surface area contributed by atoms with E-state index in [0.29, 0.717) is 11.4 Å². The first kappa shape index (κ1) is 15.6. The third kappa shape index (κ3) is 3.63. The highest BCUT2D eigenvalue weighted by molar-refractivity contribution is 7.13. The molecule has 2 heterocycles. The van der Waals surface area contributed by atoms with Gasteiger partial charge in [0.2, 0.25) is 11.9 Å². The van der Waals surface area contributed by atoms with Gasteiger partial charge in [-0.1, -0.05) is 6.92 Å². The van der Waals surface area contributed by atoms with Crippen molar-refractivity contribution in [2.24, 2.45) is 11.5 Å². The molecule has 22 heavy (non-hydrogen) atoms. The Kier molecular flexibility index (Phi) is 4.78. The summed E-state index contributed by atoms with van der Waals surface area (Å²) in [5.74, 6) is -1.14. The molecule has 0 aliphatic heterocycles. The minimum absolute atomic E-state index is 0.0580. The summed E-state index contributed by atoms with van der Waals surface area (Å²) < 4.78 is 0. The molecule has 0 aromatic carbocycles. The van der Waals surface area contributed by atoms with Crippen molar-refractivity contribution in [3.05, 3.63) is 17.4 Å². The fraction of sp³-hybridized carbons (Fsp3) is 0.273. The molecule has 2 rings (SSSR count). The first-order valence-electron chi connectivity index (χ1n) is 6.27. The van der Waals surface area contributed by atoms with E-state index in [2.05, 4.69) is 30.8 Å². The Balaban J connectivity index is 2.30. The van der Waals surface area contributed by atoms with Crippen molar-refractivity contribution in [3.63, 3.8) is 0 Å². The summed E-state index contributed by atoms with van der Waals surface area (Å²) in [4.78, 5) is 30.6. The molecular formula is C11H14N8O2S. The number of carbonyl (C=O) groups is 2. The number of carbonyl (C=O) groups excluding carboxylic acids is 2. The molecule has 2 aromatic heterocycles. The molecule has 0 aliphatic carbocycles. The fourth-order valence-electron chi connectivity index (χ4n) is 1.56. The predicted octanol–water partition coefficient (Wildman–Crippen LogP) is -0.154. The van der Waals surface area contributed by atoms with E-state index in [0.717, 1.165) is 0 Å². The predicted molar refractivity (Wildman–Crippen MR) is 80.6 cm³/mol. The largest absolute Gasteiger partial charge is 0.368 e. The lowest BCUT2D eigenvalue weighted by Crippen LogP contribution is -2.35. The van der Waals surface area contributed by atoms with Gasteiger partial charge in [0.15, 0.2) is 11.5 Å². The third-order valence-corrected chi connectivity index (χ3v) is 3.34. The monoisotopic (exact) mass is 322 g/mol. The van der Waals surface area contributed by atoms with Crippen LogP contribution in [-0.2, 0) is 4.79 Å². The Bertz CT molecular complexity index is 675. The molecule has 6 N–H and O–H groups in total. The molecule has 0 bridgehead atoms. The lowest BCUT2D eigenvalue weighted by atomic mass is 10.2. The molecule has 1 atom stereocenters. The van der Waals surface area contributed by atoms with E-state index >= 15 is 0 Å². The zero-order valence-corrected chi connectivity index (χ0v) is 12.4. The second-order valence-corrected chi connectivity index (χ2v) is 5.08. The standard InChI is InChI=1S/C11H14N8O2S/c1-2-5(8(12)20)15-11-17-10(7(9(13)21)18-19-11)16-6-3-14-4-22-6/h3-5H,2H2,1H3,(H2,12,20)(H2,13,21)(H2,15,16,17,19)/t5-/m1/s1. The van der Waals surface area contributed by atoms with Crippen LogP contribution < -0.4 is 22.1 Å². The molecule has 0 unspecified atom stereocenters. The van der Waals surface area contributed by atoms with Gasteiger partial charge in [-0.3, -0.25) is 14.6 Å². The number of rotatable bonds is 7. The van der Waals surface area contributed by atoms with E-state index in [4.69, 9.17) is 11.5 Å². The number of thiazole rings is 1. The number of anilines is 3. The minimum atomic E-state index is -0.777. The average Bonchev–Trinajstić information content (AvgIpc) is 2.97. The number of nitrogens with one attached hydrogen (secondary N) is 2. The van der Waals surface area contributed by atoms with E-state index < -0.39 is 17.9 Å². The van der Waals surface area contributed by atoms with E-state index in [1.807, 2.05) is 0 Å². The molecule has 0 saturated heterocycles. The molecule has 0 aliphatic rings. The third-order valence-electron chi connectivity index (χ3n) is 2.65. The quantitative estimate of drug-likeness (QED) is 0.546. The van der Waals surface area contributed by atoms with Crippen molar-refractivity contribution < 1.29 is 9.59 Å². The number of aromatic nitrogens is 4. The van der Waals surface area contributed by atoms with E-state index in [-0.39, 0.29) is 17.5 Å². The lowest BCUT2D eigenvalue weighted by Gasteiger charge is -2.14. The van der Waals surface area contributed by atoms with Crippen LogP contribution in [-0.4, -0.2) is 38.0 Å². The molecule has 116 valence electrons. The molecule has 0 spiro atoms. The first-order valence-corrected chi connectivity index (χ1v) is 7.15. The average molecular weight is 322 g/mol. The van der Waals surface area contributed by atoms with Gasteiger partial charge in [0.1, 0.15) is 11.0 Å². The van der Waals surface area contributed by atoms with Crippen molar-refractivity contribution in [2.45, 2.75) is 19.4 Å². The van der Waals surface area contributed by atoms with Gasteiger partial charge < -0.3 is 22.1 Å². The number of primary amides is 2. The van der Waals surface area contributed by atoms with Crippen LogP contribution in [0.15, 0.2) is 11.7 Å². The lowest BCUT2D eigenvalue weighted by molar-refractivity contribution is -0.118. The summed E-state index contributed by atoms with van der Waals surface area (Å²) in [6.45, 7) is 1.78. The van der Waals surface area contributed by atoms with Crippen molar-refractivity contribution in [1.82, 2.24) is 20.2 Å². The molecule has 2 amide bonds. The maximum absolute atomic E-state index is 11.4. The van der Waals surface area contributed by atoms with Crippen LogP contribution in [0.5, 0.6) is 0 Å². The summed E-state index contributed by atoms with van der Waals surface area (Å²) in [6.07, 6.45) is 2.01. The van der Waals surface area contributed by atoms with Crippen LogP contribution >= 0.6 is 11.3 Å². The summed E-state index contributed by atoms with van der Waals surface area (Å²) in [5, 5.41) is 13.7. The first-order chi connectivity index (χ1) is 10.5. The van der Waals surface area contributed by atoms with Crippen LogP contribution in [0.25, 0.3) is 0 Å². The van der Waals surface area contributed by atoms with Crippen LogP contribution in [0.3, 0.4) is 0 Å². The highest BCUT2D eigenvalue weighted by Gasteiger charge is 2.18. The topological polar surface area (TPSA) is 162 Å². The smallest absolute Gasteiger partial charge is 0.273 e. The molecular weight excluding hydrogens is 308 g/mol. The second kappa shape index (κ2) is 6.76. The van der Waals surface area contributed by atoms with Gasteiger partial charge >= 0.3 is 0 Å². The van der Waals surface area contributed by atoms with Crippen LogP contribution in [0.4, 0.5) is 16.8 Å². The maximum Gasteiger partial charge on any atom is 0.273 e. The maximum atomic E-state index is 11.4. The van der Waals surface area contributed by atoms with Gasteiger partial charge in [0.05, 0.1) is 11.7 Å². The zero-order valence-electron chi connectivity index (χ0n) is 11.6. The second-order valence-electron chi connectivity index (χ2n) is 4.20. The molecule has 0 radical (unpaired) electrons. The highest BCUT2D eigenvalue weighted by Crippen LogP contribution is 2.21. The summed E-state index contributed by atoms with van der Waals surface area (Å²) in [6, 6.07) is -0.641. The van der Waals surface area contributed by atoms with E-state index in [9.17, 15) is 9.59 Å². The van der Waals surface area contributed by atoms with E-state index in [1.54, 1.807) is 18.6 Å².